The Balaban J connectivity index is 1.71. The van der Waals surface area contributed by atoms with Crippen LogP contribution in [0.5, 0.6) is 0 Å². The quantitative estimate of drug-likeness (QED) is 0.744. The monoisotopic (exact) mass is 380 g/mol. The van der Waals surface area contributed by atoms with Crippen molar-refractivity contribution < 1.29 is 9.59 Å². The molecule has 116 valence electrons. The van der Waals surface area contributed by atoms with Gasteiger partial charge in [-0.3, -0.25) is 19.4 Å². The van der Waals surface area contributed by atoms with Crippen LogP contribution in [-0.2, 0) is 4.79 Å². The number of hydrogen-bond acceptors (Lipinski definition) is 4. The average molecular weight is 381 g/mol. The summed E-state index contributed by atoms with van der Waals surface area (Å²) >= 11 is 4.41. The van der Waals surface area contributed by atoms with Gasteiger partial charge in [0.05, 0.1) is 11.6 Å². The van der Waals surface area contributed by atoms with Crippen molar-refractivity contribution in [1.82, 2.24) is 9.80 Å². The van der Waals surface area contributed by atoms with Crippen molar-refractivity contribution in [2.24, 2.45) is 0 Å². The number of thioether (sulfide) groups is 1. The number of benzene rings is 1. The highest BCUT2D eigenvalue weighted by molar-refractivity contribution is 9.10. The van der Waals surface area contributed by atoms with E-state index in [2.05, 4.69) is 20.8 Å². The summed E-state index contributed by atoms with van der Waals surface area (Å²) in [4.78, 5) is 28.6. The Morgan fingerprint density at radius 3 is 2.45 bits per heavy atom. The molecule has 3 rings (SSSR count). The minimum atomic E-state index is -0.177. The highest BCUT2D eigenvalue weighted by Crippen LogP contribution is 2.32. The van der Waals surface area contributed by atoms with Gasteiger partial charge in [0.2, 0.25) is 0 Å². The topological polar surface area (TPSA) is 40.6 Å². The fourth-order valence-corrected chi connectivity index (χ4v) is 3.73. The van der Waals surface area contributed by atoms with Gasteiger partial charge in [-0.05, 0) is 61.5 Å². The molecule has 6 heteroatoms. The van der Waals surface area contributed by atoms with Crippen LogP contribution >= 0.6 is 27.7 Å². The van der Waals surface area contributed by atoms with E-state index < -0.39 is 0 Å². The third kappa shape index (κ3) is 3.62. The van der Waals surface area contributed by atoms with Crippen molar-refractivity contribution in [2.75, 3.05) is 19.8 Å². The van der Waals surface area contributed by atoms with Crippen LogP contribution in [0.3, 0.4) is 0 Å². The zero-order chi connectivity index (χ0) is 15.5. The molecule has 2 aliphatic rings. The summed E-state index contributed by atoms with van der Waals surface area (Å²) in [6.07, 6.45) is 5.31. The van der Waals surface area contributed by atoms with Gasteiger partial charge < -0.3 is 0 Å². The molecule has 22 heavy (non-hydrogen) atoms. The highest BCUT2D eigenvalue weighted by atomic mass is 79.9. The minimum Gasteiger partial charge on any atom is -0.286 e. The summed E-state index contributed by atoms with van der Waals surface area (Å²) in [5.41, 5.74) is 0.923. The van der Waals surface area contributed by atoms with E-state index in [1.54, 1.807) is 6.08 Å². The Bertz CT molecular complexity index is 609. The first-order chi connectivity index (χ1) is 10.6. The van der Waals surface area contributed by atoms with E-state index in [1.165, 1.54) is 11.3 Å². The van der Waals surface area contributed by atoms with E-state index in [9.17, 15) is 9.59 Å². The maximum absolute atomic E-state index is 12.4. The molecule has 2 aliphatic heterocycles. The van der Waals surface area contributed by atoms with Gasteiger partial charge in [-0.1, -0.05) is 34.5 Å². The van der Waals surface area contributed by atoms with Crippen LogP contribution in [0.2, 0.25) is 0 Å². The van der Waals surface area contributed by atoms with Crippen LogP contribution in [0.25, 0.3) is 6.08 Å². The zero-order valence-corrected chi connectivity index (χ0v) is 14.5. The van der Waals surface area contributed by atoms with Crippen LogP contribution < -0.4 is 0 Å². The molecule has 0 spiro atoms. The summed E-state index contributed by atoms with van der Waals surface area (Å²) in [5.74, 6) is -0.177. The molecular weight excluding hydrogens is 364 g/mol. The van der Waals surface area contributed by atoms with Gasteiger partial charge in [-0.2, -0.15) is 0 Å². The van der Waals surface area contributed by atoms with Gasteiger partial charge in [0, 0.05) is 4.47 Å². The summed E-state index contributed by atoms with van der Waals surface area (Å²) in [7, 11) is 0. The first kappa shape index (κ1) is 15.8. The van der Waals surface area contributed by atoms with E-state index in [0.29, 0.717) is 11.6 Å². The lowest BCUT2D eigenvalue weighted by Crippen LogP contribution is -2.42. The number of imide groups is 1. The summed E-state index contributed by atoms with van der Waals surface area (Å²) < 4.78 is 0.989. The number of carbonyl (C=O) groups excluding carboxylic acids is 2. The van der Waals surface area contributed by atoms with Crippen LogP contribution in [-0.4, -0.2) is 40.7 Å². The van der Waals surface area contributed by atoms with Crippen LogP contribution in [0.1, 0.15) is 24.8 Å². The number of nitrogens with zero attached hydrogens (tertiary/aromatic N) is 2. The molecule has 0 saturated carbocycles. The first-order valence-corrected chi connectivity index (χ1v) is 8.98. The van der Waals surface area contributed by atoms with Gasteiger partial charge >= 0.3 is 0 Å². The molecule has 1 aromatic rings. The molecule has 0 bridgehead atoms. The van der Waals surface area contributed by atoms with E-state index in [4.69, 9.17) is 0 Å². The number of carbonyl (C=O) groups is 2. The molecule has 4 nitrogen and oxygen atoms in total. The van der Waals surface area contributed by atoms with Crippen molar-refractivity contribution in [3.63, 3.8) is 0 Å². The lowest BCUT2D eigenvalue weighted by atomic mass is 10.1. The SMILES string of the molecule is O=C1S/C(=C/c2ccc(Br)cc2)C(=O)N1CN1CCCCC1. The van der Waals surface area contributed by atoms with E-state index in [0.717, 1.165) is 47.7 Å². The first-order valence-electron chi connectivity index (χ1n) is 7.37. The fourth-order valence-electron chi connectivity index (χ4n) is 2.63. The second-order valence-corrected chi connectivity index (χ2v) is 7.39. The molecular formula is C16H17BrN2O2S. The Morgan fingerprint density at radius 2 is 1.77 bits per heavy atom. The van der Waals surface area contributed by atoms with Gasteiger partial charge in [0.15, 0.2) is 0 Å². The number of hydrogen-bond donors (Lipinski definition) is 0. The van der Waals surface area contributed by atoms with Gasteiger partial charge in [-0.25, -0.2) is 0 Å². The third-order valence-corrected chi connectivity index (χ3v) is 5.27. The fraction of sp³-hybridized carbons (Fsp3) is 0.375. The maximum atomic E-state index is 12.4. The minimum absolute atomic E-state index is 0.168. The maximum Gasteiger partial charge on any atom is 0.294 e. The lowest BCUT2D eigenvalue weighted by Gasteiger charge is -2.29. The standard InChI is InChI=1S/C16H17BrN2O2S/c17-13-6-4-12(5-7-13)10-14-15(20)19(16(21)22-14)11-18-8-2-1-3-9-18/h4-7,10H,1-3,8-9,11H2/b14-10+. The number of rotatable bonds is 3. The van der Waals surface area contributed by atoms with Crippen molar-refractivity contribution in [2.45, 2.75) is 19.3 Å². The smallest absolute Gasteiger partial charge is 0.286 e. The average Bonchev–Trinajstić information content (AvgIpc) is 2.78. The summed E-state index contributed by atoms with van der Waals surface area (Å²) in [6, 6.07) is 7.68. The second kappa shape index (κ2) is 6.98. The van der Waals surface area contributed by atoms with Crippen molar-refractivity contribution in [3.8, 4) is 0 Å². The number of piperidine rings is 1. The predicted molar refractivity (Wildman–Crippen MR) is 92.2 cm³/mol. The van der Waals surface area contributed by atoms with Crippen molar-refractivity contribution >= 4 is 44.9 Å². The Labute approximate surface area is 142 Å². The number of halogens is 1. The summed E-state index contributed by atoms with van der Waals surface area (Å²) in [6.45, 7) is 2.35. The third-order valence-electron chi connectivity index (χ3n) is 3.83. The van der Waals surface area contributed by atoms with E-state index in [-0.39, 0.29) is 11.1 Å². The zero-order valence-electron chi connectivity index (χ0n) is 12.1. The highest BCUT2D eigenvalue weighted by Gasteiger charge is 2.36. The molecule has 0 unspecified atom stereocenters. The Morgan fingerprint density at radius 1 is 1.09 bits per heavy atom. The van der Waals surface area contributed by atoms with Crippen LogP contribution in [0.15, 0.2) is 33.6 Å². The van der Waals surface area contributed by atoms with Gasteiger partial charge in [-0.15, -0.1) is 0 Å². The molecule has 0 aromatic heterocycles. The molecule has 0 atom stereocenters. The molecule has 0 N–H and O–H groups in total. The normalized spacial score (nSPS) is 21.9. The molecule has 2 saturated heterocycles. The number of likely N-dealkylation sites (tertiary alicyclic amines) is 1. The molecule has 2 fully saturated rings. The van der Waals surface area contributed by atoms with Crippen molar-refractivity contribution in [1.29, 1.82) is 0 Å². The second-order valence-electron chi connectivity index (χ2n) is 5.48. The summed E-state index contributed by atoms with van der Waals surface area (Å²) in [5, 5.41) is -0.168. The van der Waals surface area contributed by atoms with Crippen LogP contribution in [0, 0.1) is 0 Å². The van der Waals surface area contributed by atoms with Crippen molar-refractivity contribution in [3.05, 3.63) is 39.2 Å². The van der Waals surface area contributed by atoms with Crippen LogP contribution in [0.4, 0.5) is 4.79 Å². The van der Waals surface area contributed by atoms with E-state index in [1.807, 2.05) is 24.3 Å². The number of amides is 2. The molecule has 1 aromatic carbocycles. The molecule has 2 heterocycles. The predicted octanol–water partition coefficient (Wildman–Crippen LogP) is 3.93. The molecule has 0 aliphatic carbocycles. The Kier molecular flexibility index (Phi) is 5.00. The Hall–Kier alpha value is -1.11. The lowest BCUT2D eigenvalue weighted by molar-refractivity contribution is -0.124. The molecule has 0 radical (unpaired) electrons. The largest absolute Gasteiger partial charge is 0.294 e. The van der Waals surface area contributed by atoms with Gasteiger partial charge in [0.25, 0.3) is 11.1 Å². The van der Waals surface area contributed by atoms with E-state index >= 15 is 0 Å². The van der Waals surface area contributed by atoms with Gasteiger partial charge in [0.1, 0.15) is 0 Å². The molecule has 2 amide bonds.